The summed E-state index contributed by atoms with van der Waals surface area (Å²) in [6.07, 6.45) is 2.10. The van der Waals surface area contributed by atoms with Crippen molar-refractivity contribution < 1.29 is 14.7 Å². The van der Waals surface area contributed by atoms with E-state index in [9.17, 15) is 9.59 Å². The van der Waals surface area contributed by atoms with E-state index in [1.807, 2.05) is 30.3 Å². The first-order chi connectivity index (χ1) is 8.62. The van der Waals surface area contributed by atoms with Crippen LogP contribution in [0.2, 0.25) is 0 Å². The number of amides is 1. The molecule has 2 N–H and O–H groups in total. The molecule has 18 heavy (non-hydrogen) atoms. The van der Waals surface area contributed by atoms with Gasteiger partial charge in [0.05, 0.1) is 11.8 Å². The van der Waals surface area contributed by atoms with Crippen molar-refractivity contribution in [2.24, 2.45) is 5.41 Å². The van der Waals surface area contributed by atoms with Crippen LogP contribution in [0.1, 0.15) is 24.8 Å². The van der Waals surface area contributed by atoms with Crippen molar-refractivity contribution in [1.29, 1.82) is 0 Å². The molecule has 96 valence electrons. The van der Waals surface area contributed by atoms with Gasteiger partial charge in [0.15, 0.2) is 0 Å². The maximum absolute atomic E-state index is 11.9. The second kappa shape index (κ2) is 5.21. The fourth-order valence-electron chi connectivity index (χ4n) is 2.08. The summed E-state index contributed by atoms with van der Waals surface area (Å²) in [5.74, 6) is -1.01. The predicted octanol–water partition coefficient (Wildman–Crippen LogP) is 1.60. The summed E-state index contributed by atoms with van der Waals surface area (Å²) >= 11 is 0. The molecule has 0 unspecified atom stereocenters. The first-order valence-electron chi connectivity index (χ1n) is 6.16. The van der Waals surface area contributed by atoms with Gasteiger partial charge in [-0.05, 0) is 24.8 Å². The first-order valence-corrected chi connectivity index (χ1v) is 6.16. The standard InChI is InChI=1S/C14H17NO3/c16-12(17)10-14(7-8-14)13(18)15-9-6-11-4-2-1-3-5-11/h1-5H,6-10H2,(H,15,18)(H,16,17). The lowest BCUT2D eigenvalue weighted by Gasteiger charge is -2.12. The van der Waals surface area contributed by atoms with Gasteiger partial charge in [0.25, 0.3) is 0 Å². The molecule has 0 atom stereocenters. The minimum atomic E-state index is -0.897. The van der Waals surface area contributed by atoms with Crippen LogP contribution in [-0.2, 0) is 16.0 Å². The molecule has 2 rings (SSSR count). The normalized spacial score (nSPS) is 16.0. The van der Waals surface area contributed by atoms with Crippen LogP contribution in [0.4, 0.5) is 0 Å². The van der Waals surface area contributed by atoms with Gasteiger partial charge in [0.1, 0.15) is 0 Å². The number of nitrogens with one attached hydrogen (secondary N) is 1. The quantitative estimate of drug-likeness (QED) is 0.802. The molecule has 1 aliphatic rings. The van der Waals surface area contributed by atoms with E-state index >= 15 is 0 Å². The zero-order valence-corrected chi connectivity index (χ0v) is 10.2. The van der Waals surface area contributed by atoms with Crippen LogP contribution in [0.5, 0.6) is 0 Å². The smallest absolute Gasteiger partial charge is 0.304 e. The third kappa shape index (κ3) is 3.09. The van der Waals surface area contributed by atoms with E-state index in [0.717, 1.165) is 6.42 Å². The topological polar surface area (TPSA) is 66.4 Å². The Morgan fingerprint density at radius 3 is 2.44 bits per heavy atom. The molecule has 1 saturated carbocycles. The van der Waals surface area contributed by atoms with Crippen molar-refractivity contribution in [3.05, 3.63) is 35.9 Å². The molecule has 0 radical (unpaired) electrons. The lowest BCUT2D eigenvalue weighted by atomic mass is 10.0. The minimum absolute atomic E-state index is 0.0514. The number of hydrogen-bond donors (Lipinski definition) is 2. The number of carbonyl (C=O) groups is 2. The fourth-order valence-corrected chi connectivity index (χ4v) is 2.08. The van der Waals surface area contributed by atoms with Crippen molar-refractivity contribution >= 4 is 11.9 Å². The van der Waals surface area contributed by atoms with Crippen molar-refractivity contribution in [3.63, 3.8) is 0 Å². The number of aliphatic carboxylic acids is 1. The Kier molecular flexibility index (Phi) is 3.65. The third-order valence-electron chi connectivity index (χ3n) is 3.37. The highest BCUT2D eigenvalue weighted by Crippen LogP contribution is 2.48. The summed E-state index contributed by atoms with van der Waals surface area (Å²) in [5, 5.41) is 11.6. The van der Waals surface area contributed by atoms with Crippen LogP contribution in [0.15, 0.2) is 30.3 Å². The zero-order chi connectivity index (χ0) is 13.0. The maximum Gasteiger partial charge on any atom is 0.304 e. The highest BCUT2D eigenvalue weighted by atomic mass is 16.4. The van der Waals surface area contributed by atoms with Crippen molar-refractivity contribution in [2.75, 3.05) is 6.54 Å². The van der Waals surface area contributed by atoms with Crippen molar-refractivity contribution in [2.45, 2.75) is 25.7 Å². The Hall–Kier alpha value is -1.84. The second-order valence-electron chi connectivity index (χ2n) is 4.84. The molecule has 1 aliphatic carbocycles. The number of benzene rings is 1. The van der Waals surface area contributed by atoms with Crippen LogP contribution in [-0.4, -0.2) is 23.5 Å². The molecule has 0 spiro atoms. The summed E-state index contributed by atoms with van der Waals surface area (Å²) in [7, 11) is 0. The number of rotatable bonds is 6. The molecular weight excluding hydrogens is 230 g/mol. The van der Waals surface area contributed by atoms with E-state index in [0.29, 0.717) is 19.4 Å². The van der Waals surface area contributed by atoms with Gasteiger partial charge < -0.3 is 10.4 Å². The van der Waals surface area contributed by atoms with Crippen LogP contribution in [0.25, 0.3) is 0 Å². The molecule has 0 bridgehead atoms. The molecule has 1 aromatic carbocycles. The highest BCUT2D eigenvalue weighted by Gasteiger charge is 2.51. The molecule has 0 aromatic heterocycles. The monoisotopic (exact) mass is 247 g/mol. The van der Waals surface area contributed by atoms with Crippen LogP contribution in [0.3, 0.4) is 0 Å². The Bertz CT molecular complexity index is 438. The van der Waals surface area contributed by atoms with Crippen LogP contribution in [0, 0.1) is 5.41 Å². The average molecular weight is 247 g/mol. The molecule has 0 aliphatic heterocycles. The zero-order valence-electron chi connectivity index (χ0n) is 10.2. The minimum Gasteiger partial charge on any atom is -0.481 e. The van der Waals surface area contributed by atoms with Crippen LogP contribution >= 0.6 is 0 Å². The fraction of sp³-hybridized carbons (Fsp3) is 0.429. The Balaban J connectivity index is 1.77. The van der Waals surface area contributed by atoms with Gasteiger partial charge in [-0.15, -0.1) is 0 Å². The van der Waals surface area contributed by atoms with E-state index in [1.165, 1.54) is 5.56 Å². The Morgan fingerprint density at radius 1 is 1.22 bits per heavy atom. The number of carboxylic acids is 1. The van der Waals surface area contributed by atoms with Crippen LogP contribution < -0.4 is 5.32 Å². The summed E-state index contributed by atoms with van der Waals surface area (Å²) in [4.78, 5) is 22.6. The highest BCUT2D eigenvalue weighted by molar-refractivity contribution is 5.89. The molecule has 1 aromatic rings. The van der Waals surface area contributed by atoms with Crippen molar-refractivity contribution in [1.82, 2.24) is 5.32 Å². The van der Waals surface area contributed by atoms with Gasteiger partial charge in [0, 0.05) is 6.54 Å². The van der Waals surface area contributed by atoms with E-state index in [2.05, 4.69) is 5.32 Å². The number of carbonyl (C=O) groups excluding carboxylic acids is 1. The summed E-state index contributed by atoms with van der Waals surface area (Å²) in [6.45, 7) is 0.560. The van der Waals surface area contributed by atoms with Gasteiger partial charge in [-0.3, -0.25) is 9.59 Å². The molecule has 1 amide bonds. The summed E-state index contributed by atoms with van der Waals surface area (Å²) in [5.41, 5.74) is 0.545. The summed E-state index contributed by atoms with van der Waals surface area (Å²) < 4.78 is 0. The number of hydrogen-bond acceptors (Lipinski definition) is 2. The third-order valence-corrected chi connectivity index (χ3v) is 3.37. The average Bonchev–Trinajstić information content (AvgIpc) is 3.10. The first kappa shape index (κ1) is 12.6. The van der Waals surface area contributed by atoms with Gasteiger partial charge >= 0.3 is 5.97 Å². The second-order valence-corrected chi connectivity index (χ2v) is 4.84. The maximum atomic E-state index is 11.9. The summed E-state index contributed by atoms with van der Waals surface area (Å²) in [6, 6.07) is 9.90. The van der Waals surface area contributed by atoms with Gasteiger partial charge in [-0.2, -0.15) is 0 Å². The van der Waals surface area contributed by atoms with E-state index in [1.54, 1.807) is 0 Å². The van der Waals surface area contributed by atoms with Crippen molar-refractivity contribution in [3.8, 4) is 0 Å². The molecule has 4 heteroatoms. The van der Waals surface area contributed by atoms with Gasteiger partial charge in [0.2, 0.25) is 5.91 Å². The Labute approximate surface area is 106 Å². The number of carboxylic acid groups (broad SMARTS) is 1. The molecule has 0 heterocycles. The van der Waals surface area contributed by atoms with Gasteiger partial charge in [-0.25, -0.2) is 0 Å². The lowest BCUT2D eigenvalue weighted by Crippen LogP contribution is -2.34. The largest absolute Gasteiger partial charge is 0.481 e. The molecule has 1 fully saturated rings. The molecule has 4 nitrogen and oxygen atoms in total. The van der Waals surface area contributed by atoms with E-state index < -0.39 is 11.4 Å². The van der Waals surface area contributed by atoms with E-state index in [4.69, 9.17) is 5.11 Å². The molecular formula is C14H17NO3. The predicted molar refractivity (Wildman–Crippen MR) is 67.1 cm³/mol. The molecule has 0 saturated heterocycles. The Morgan fingerprint density at radius 2 is 1.89 bits per heavy atom. The van der Waals surface area contributed by atoms with E-state index in [-0.39, 0.29) is 12.3 Å². The van der Waals surface area contributed by atoms with Gasteiger partial charge in [-0.1, -0.05) is 30.3 Å². The SMILES string of the molecule is O=C(O)CC1(C(=O)NCCc2ccccc2)CC1. The lowest BCUT2D eigenvalue weighted by molar-refractivity contribution is -0.142.